The second-order valence-electron chi connectivity index (χ2n) is 9.87. The monoisotopic (exact) mass is 644 g/mol. The van der Waals surface area contributed by atoms with Crippen molar-refractivity contribution in [3.8, 4) is 0 Å². The van der Waals surface area contributed by atoms with Crippen LogP contribution in [0.25, 0.3) is 43.1 Å². The van der Waals surface area contributed by atoms with Crippen molar-refractivity contribution in [3.63, 3.8) is 0 Å². The van der Waals surface area contributed by atoms with Crippen LogP contribution in [0.4, 0.5) is 0 Å². The van der Waals surface area contributed by atoms with E-state index in [4.69, 9.17) is 0 Å². The first-order chi connectivity index (χ1) is 18.2. The van der Waals surface area contributed by atoms with Gasteiger partial charge in [0.05, 0.1) is 0 Å². The Labute approximate surface area is 273 Å². The summed E-state index contributed by atoms with van der Waals surface area (Å²) in [4.78, 5) is 0. The molecule has 0 bridgehead atoms. The van der Waals surface area contributed by atoms with Crippen LogP contribution < -0.4 is 24.8 Å². The second-order valence-corrected chi connectivity index (χ2v) is 9.87. The Bertz CT molecular complexity index is 1440. The number of hydrogen-bond acceptors (Lipinski definition) is 0. The molecule has 0 spiro atoms. The maximum absolute atomic E-state index is 3.38. The summed E-state index contributed by atoms with van der Waals surface area (Å²) in [5, 5.41) is 11.0. The first-order valence-corrected chi connectivity index (χ1v) is 13.9. The van der Waals surface area contributed by atoms with Gasteiger partial charge >= 0.3 is 26.2 Å². The molecule has 0 nitrogen and oxygen atoms in total. The largest absolute Gasteiger partial charge is 2.00 e. The molecule has 6 aromatic rings. The topological polar surface area (TPSA) is 0 Å². The van der Waals surface area contributed by atoms with E-state index in [1.807, 2.05) is 0 Å². The van der Waals surface area contributed by atoms with Crippen molar-refractivity contribution in [1.29, 1.82) is 0 Å². The molecular formula is C37H40Cl2Zr-4. The van der Waals surface area contributed by atoms with Crippen LogP contribution in [0, 0.1) is 13.8 Å². The summed E-state index contributed by atoms with van der Waals surface area (Å²) in [6.45, 7) is 11.2. The molecule has 0 heterocycles. The van der Waals surface area contributed by atoms with Gasteiger partial charge in [-0.25, -0.2) is 0 Å². The minimum absolute atomic E-state index is 0. The van der Waals surface area contributed by atoms with Gasteiger partial charge in [0, 0.05) is 0 Å². The standard InChI is InChI=1S/2C17H17.C3H6.2ClH.Zr/c2*1-2-3-6-13-11-15-10-9-14-7-4-5-8-16(14)17(15)12-13;1-3-2;;;/h2*4-5,7-12H,2-3,6H2,1H3;1-3H2;2*1H;/q2*-1;-2;;;+2/p-2. The number of aryl methyl sites for hydroxylation is 2. The average molecular weight is 647 g/mol. The molecule has 0 atom stereocenters. The molecule has 0 N–H and O–H groups in total. The first kappa shape index (κ1) is 36.1. The van der Waals surface area contributed by atoms with Crippen LogP contribution in [-0.4, -0.2) is 0 Å². The predicted molar refractivity (Wildman–Crippen MR) is 167 cm³/mol. The molecule has 0 saturated heterocycles. The Morgan fingerprint density at radius 1 is 0.550 bits per heavy atom. The summed E-state index contributed by atoms with van der Waals surface area (Å²) < 4.78 is 0. The molecule has 0 amide bonds. The van der Waals surface area contributed by atoms with Crippen LogP contribution in [0.2, 0.25) is 0 Å². The fourth-order valence-electron chi connectivity index (χ4n) is 5.10. The first-order valence-electron chi connectivity index (χ1n) is 13.9. The van der Waals surface area contributed by atoms with Crippen LogP contribution in [0.1, 0.15) is 57.1 Å². The summed E-state index contributed by atoms with van der Waals surface area (Å²) in [7, 11) is 0. The third kappa shape index (κ3) is 9.04. The zero-order chi connectivity index (χ0) is 26.0. The third-order valence-corrected chi connectivity index (χ3v) is 6.99. The molecule has 6 aromatic carbocycles. The molecule has 0 radical (unpaired) electrons. The van der Waals surface area contributed by atoms with Crippen LogP contribution in [0.3, 0.4) is 0 Å². The number of halogens is 2. The molecule has 3 heteroatoms. The fourth-order valence-corrected chi connectivity index (χ4v) is 5.10. The van der Waals surface area contributed by atoms with Gasteiger partial charge in [0.1, 0.15) is 0 Å². The molecule has 0 aliphatic carbocycles. The number of fused-ring (bicyclic) bond motifs is 6. The van der Waals surface area contributed by atoms with E-state index in [2.05, 4.69) is 125 Å². The van der Waals surface area contributed by atoms with Gasteiger partial charge in [-0.1, -0.05) is 111 Å². The van der Waals surface area contributed by atoms with Crippen molar-refractivity contribution in [2.45, 2.75) is 58.8 Å². The summed E-state index contributed by atoms with van der Waals surface area (Å²) >= 11 is 0. The average Bonchev–Trinajstić information content (AvgIpc) is 3.56. The predicted octanol–water partition coefficient (Wildman–Crippen LogP) is 5.16. The van der Waals surface area contributed by atoms with Crippen molar-refractivity contribution in [2.24, 2.45) is 0 Å². The molecule has 40 heavy (non-hydrogen) atoms. The molecule has 6 rings (SSSR count). The number of unbranched alkanes of at least 4 members (excludes halogenated alkanes) is 2. The SMILES string of the molecule is CCCCc1cc2c(ccc3ccccc32)[cH-]1.CCCCc1cc2c(ccc3ccccc32)[cH-]1.[CH2-]C[CH2-].[Cl-].[Cl-].[Zr+2]. The smallest absolute Gasteiger partial charge is 1.00 e. The van der Waals surface area contributed by atoms with Gasteiger partial charge < -0.3 is 45.1 Å². The quantitative estimate of drug-likeness (QED) is 0.220. The van der Waals surface area contributed by atoms with E-state index in [0.29, 0.717) is 0 Å². The van der Waals surface area contributed by atoms with Gasteiger partial charge in [-0.2, -0.15) is 12.1 Å². The van der Waals surface area contributed by atoms with E-state index in [1.165, 1.54) is 92.7 Å². The molecular weight excluding hydrogens is 607 g/mol. The van der Waals surface area contributed by atoms with Crippen molar-refractivity contribution in [3.05, 3.63) is 122 Å². The van der Waals surface area contributed by atoms with E-state index < -0.39 is 0 Å². The second kappa shape index (κ2) is 18.5. The van der Waals surface area contributed by atoms with Gasteiger partial charge in [0.25, 0.3) is 0 Å². The molecule has 0 aliphatic rings. The summed E-state index contributed by atoms with van der Waals surface area (Å²) in [6, 6.07) is 35.6. The zero-order valence-corrected chi connectivity index (χ0v) is 27.8. The summed E-state index contributed by atoms with van der Waals surface area (Å²) in [5.74, 6) is 0. The molecule has 0 unspecified atom stereocenters. The van der Waals surface area contributed by atoms with Crippen molar-refractivity contribution in [1.82, 2.24) is 0 Å². The van der Waals surface area contributed by atoms with Crippen LogP contribution in [0.15, 0.2) is 97.1 Å². The Hall–Kier alpha value is -1.92. The molecule has 210 valence electrons. The summed E-state index contributed by atoms with van der Waals surface area (Å²) in [5.41, 5.74) is 2.97. The Morgan fingerprint density at radius 2 is 0.925 bits per heavy atom. The van der Waals surface area contributed by atoms with E-state index in [0.717, 1.165) is 6.42 Å². The normalized spacial score (nSPS) is 10.1. The van der Waals surface area contributed by atoms with Crippen molar-refractivity contribution in [2.75, 3.05) is 0 Å². The van der Waals surface area contributed by atoms with E-state index in [1.54, 1.807) is 0 Å². The zero-order valence-electron chi connectivity index (χ0n) is 23.9. The van der Waals surface area contributed by atoms with Gasteiger partial charge in [-0.15, -0.1) is 56.9 Å². The van der Waals surface area contributed by atoms with Gasteiger partial charge in [0.2, 0.25) is 0 Å². The number of hydrogen-bond donors (Lipinski definition) is 0. The third-order valence-electron chi connectivity index (χ3n) is 6.99. The van der Waals surface area contributed by atoms with Gasteiger partial charge in [-0.05, 0) is 23.6 Å². The van der Waals surface area contributed by atoms with Crippen LogP contribution in [-0.2, 0) is 39.0 Å². The molecule has 0 fully saturated rings. The molecule has 0 saturated carbocycles. The fraction of sp³-hybridized carbons (Fsp3) is 0.243. The van der Waals surface area contributed by atoms with Crippen LogP contribution >= 0.6 is 0 Å². The number of benzene rings is 4. The minimum Gasteiger partial charge on any atom is -1.00 e. The van der Waals surface area contributed by atoms with Crippen molar-refractivity contribution >= 4 is 43.1 Å². The Kier molecular flexibility index (Phi) is 16.7. The number of rotatable bonds is 6. The van der Waals surface area contributed by atoms with Crippen LogP contribution in [0.5, 0.6) is 0 Å². The molecule has 0 aromatic heterocycles. The van der Waals surface area contributed by atoms with Gasteiger partial charge in [0.15, 0.2) is 0 Å². The van der Waals surface area contributed by atoms with E-state index >= 15 is 0 Å². The van der Waals surface area contributed by atoms with Crippen molar-refractivity contribution < 1.29 is 51.0 Å². The summed E-state index contributed by atoms with van der Waals surface area (Å²) in [6.07, 6.45) is 8.27. The maximum Gasteiger partial charge on any atom is 2.00 e. The Morgan fingerprint density at radius 3 is 1.30 bits per heavy atom. The van der Waals surface area contributed by atoms with Gasteiger partial charge in [-0.3, -0.25) is 0 Å². The van der Waals surface area contributed by atoms with E-state index in [9.17, 15) is 0 Å². The van der Waals surface area contributed by atoms with E-state index in [-0.39, 0.29) is 51.0 Å². The Balaban J connectivity index is 0.000000341. The minimum atomic E-state index is 0. The maximum atomic E-state index is 3.38. The molecule has 0 aliphatic heterocycles.